The van der Waals surface area contributed by atoms with Crippen LogP contribution in [-0.2, 0) is 10.8 Å². The van der Waals surface area contributed by atoms with Crippen molar-refractivity contribution in [2.24, 2.45) is 0 Å². The summed E-state index contributed by atoms with van der Waals surface area (Å²) in [7, 11) is 0. The minimum Gasteiger partial charge on any atom is -0.315 e. The van der Waals surface area contributed by atoms with Crippen LogP contribution in [0.4, 0.5) is 0 Å². The monoisotopic (exact) mass is 749 g/mol. The normalized spacial score (nSPS) is 23.5. The van der Waals surface area contributed by atoms with Crippen molar-refractivity contribution >= 4 is 5.57 Å². The van der Waals surface area contributed by atoms with Gasteiger partial charge >= 0.3 is 0 Å². The van der Waals surface area contributed by atoms with Gasteiger partial charge in [-0.15, -0.1) is 0 Å². The maximum Gasteiger partial charge on any atom is 0.0710 e. The first-order valence-electron chi connectivity index (χ1n) is 21.8. The van der Waals surface area contributed by atoms with Crippen LogP contribution < -0.4 is 0 Å². The molecule has 1 nitrogen and oxygen atoms in total. The molecule has 0 heterocycles. The highest BCUT2D eigenvalue weighted by molar-refractivity contribution is 5.88. The molecule has 0 aliphatic heterocycles. The Morgan fingerprint density at radius 3 is 2.02 bits per heavy atom. The van der Waals surface area contributed by atoms with E-state index in [0.717, 1.165) is 32.1 Å². The van der Waals surface area contributed by atoms with Crippen LogP contribution in [0.3, 0.4) is 0 Å². The van der Waals surface area contributed by atoms with E-state index < -0.39 is 5.41 Å². The lowest BCUT2D eigenvalue weighted by atomic mass is 9.66. The fraction of sp³-hybridized carbons (Fsp3) is 0.228. The molecule has 1 atom stereocenters. The molecule has 0 amide bonds. The largest absolute Gasteiger partial charge is 0.315 e. The third-order valence-electron chi connectivity index (χ3n) is 14.3. The van der Waals surface area contributed by atoms with Crippen molar-refractivity contribution in [1.29, 1.82) is 0 Å². The van der Waals surface area contributed by atoms with Gasteiger partial charge in [0.2, 0.25) is 0 Å². The van der Waals surface area contributed by atoms with Gasteiger partial charge in [0, 0.05) is 28.4 Å². The standard InChI is InChI=1S/C57H51N/c1-5-17-41(18-6-1)27-28-42-29-31-45(32-30-42)58(46-33-35-50-48-23-11-13-25-52(48)56(54(50)39-46)37-15-4-16-38-56)47-34-36-51-49-24-12-14-26-53(49)57(55(51)40-47,43-19-7-2-8-20-43)44-21-9-3-10-22-44/h1-3,5-14,17,19-29,31-33,39-40,50H,4,15-16,18,30,34-38H2/b41-27-,42-28-. The number of nitrogens with zero attached hydrogens (tertiary/aromatic N) is 1. The van der Waals surface area contributed by atoms with Crippen molar-refractivity contribution in [2.75, 3.05) is 0 Å². The van der Waals surface area contributed by atoms with Crippen molar-refractivity contribution in [3.8, 4) is 0 Å². The lowest BCUT2D eigenvalue weighted by Crippen LogP contribution is -2.32. The van der Waals surface area contributed by atoms with Gasteiger partial charge in [-0.25, -0.2) is 0 Å². The molecule has 1 heteroatoms. The molecule has 1 unspecified atom stereocenters. The first kappa shape index (κ1) is 35.3. The van der Waals surface area contributed by atoms with E-state index in [1.807, 2.05) is 0 Å². The van der Waals surface area contributed by atoms with Crippen LogP contribution in [0.25, 0.3) is 5.57 Å². The van der Waals surface area contributed by atoms with Gasteiger partial charge < -0.3 is 4.90 Å². The van der Waals surface area contributed by atoms with E-state index in [9.17, 15) is 0 Å². The SMILES string of the molecule is C1=CC/C(=C\C=C2\C=CC(N(C3=CCC4C(=C3)C3(CCCCC3)c3ccccc34)C3=CC4=C(CC3)c3ccccc3C4(c3ccccc3)c3ccccc3)=CC2)C=C1. The third kappa shape index (κ3) is 5.58. The molecule has 0 saturated heterocycles. The van der Waals surface area contributed by atoms with Crippen molar-refractivity contribution in [3.05, 3.63) is 255 Å². The summed E-state index contributed by atoms with van der Waals surface area (Å²) in [4.78, 5) is 2.68. The molecule has 4 aromatic rings. The van der Waals surface area contributed by atoms with Crippen molar-refractivity contribution in [3.63, 3.8) is 0 Å². The predicted octanol–water partition coefficient (Wildman–Crippen LogP) is 14.2. The van der Waals surface area contributed by atoms with Crippen LogP contribution >= 0.6 is 0 Å². The van der Waals surface area contributed by atoms with Gasteiger partial charge in [-0.05, 0) is 124 Å². The highest BCUT2D eigenvalue weighted by atomic mass is 15.2. The van der Waals surface area contributed by atoms with E-state index in [2.05, 4.69) is 187 Å². The maximum absolute atomic E-state index is 2.68. The number of rotatable bonds is 6. The van der Waals surface area contributed by atoms with Gasteiger partial charge in [0.25, 0.3) is 0 Å². The average Bonchev–Trinajstić information content (AvgIpc) is 3.74. The van der Waals surface area contributed by atoms with Gasteiger partial charge in [0.1, 0.15) is 0 Å². The van der Waals surface area contributed by atoms with Crippen LogP contribution in [0.1, 0.15) is 104 Å². The summed E-state index contributed by atoms with van der Waals surface area (Å²) in [5, 5.41) is 0. The van der Waals surface area contributed by atoms with Crippen molar-refractivity contribution in [2.45, 2.75) is 81.0 Å². The Balaban J connectivity index is 1.07. The highest BCUT2D eigenvalue weighted by Gasteiger charge is 2.50. The van der Waals surface area contributed by atoms with Crippen molar-refractivity contribution < 1.29 is 0 Å². The molecule has 7 aliphatic rings. The minimum absolute atomic E-state index is 0.160. The maximum atomic E-state index is 2.68. The number of allylic oxidation sites excluding steroid dienone is 18. The average molecular weight is 750 g/mol. The van der Waals surface area contributed by atoms with E-state index in [-0.39, 0.29) is 5.41 Å². The zero-order valence-electron chi connectivity index (χ0n) is 33.4. The second-order valence-electron chi connectivity index (χ2n) is 17.3. The lowest BCUT2D eigenvalue weighted by Gasteiger charge is -2.41. The molecule has 0 radical (unpaired) electrons. The fourth-order valence-electron chi connectivity index (χ4n) is 11.8. The van der Waals surface area contributed by atoms with Crippen molar-refractivity contribution in [1.82, 2.24) is 4.90 Å². The Morgan fingerprint density at radius 1 is 0.586 bits per heavy atom. The summed E-state index contributed by atoms with van der Waals surface area (Å²) in [6.07, 6.45) is 40.0. The number of benzene rings is 4. The Morgan fingerprint density at radius 2 is 1.29 bits per heavy atom. The molecule has 1 saturated carbocycles. The molecule has 0 aromatic heterocycles. The van der Waals surface area contributed by atoms with Gasteiger partial charge in [-0.1, -0.05) is 183 Å². The summed E-state index contributed by atoms with van der Waals surface area (Å²) in [6.45, 7) is 0. The van der Waals surface area contributed by atoms with Crippen LogP contribution in [0.2, 0.25) is 0 Å². The van der Waals surface area contributed by atoms with E-state index in [4.69, 9.17) is 0 Å². The molecule has 1 spiro atoms. The molecule has 1 fully saturated rings. The first-order valence-corrected chi connectivity index (χ1v) is 21.8. The minimum atomic E-state index is -0.404. The summed E-state index contributed by atoms with van der Waals surface area (Å²) in [5.41, 5.74) is 19.7. The van der Waals surface area contributed by atoms with Gasteiger partial charge in [-0.3, -0.25) is 0 Å². The van der Waals surface area contributed by atoms with Gasteiger partial charge in [0.15, 0.2) is 0 Å². The highest BCUT2D eigenvalue weighted by Crippen LogP contribution is 2.61. The zero-order chi connectivity index (χ0) is 38.5. The summed E-state index contributed by atoms with van der Waals surface area (Å²) in [6, 6.07) is 41.3. The number of hydrogen-bond donors (Lipinski definition) is 0. The van der Waals surface area contributed by atoms with E-state index in [1.165, 1.54) is 93.7 Å². The summed E-state index contributed by atoms with van der Waals surface area (Å²) >= 11 is 0. The fourth-order valence-corrected chi connectivity index (χ4v) is 11.8. The second-order valence-corrected chi connectivity index (χ2v) is 17.3. The quantitative estimate of drug-likeness (QED) is 0.190. The second kappa shape index (κ2) is 14.5. The predicted molar refractivity (Wildman–Crippen MR) is 241 cm³/mol. The van der Waals surface area contributed by atoms with E-state index >= 15 is 0 Å². The Hall–Kier alpha value is -5.92. The third-order valence-corrected chi connectivity index (χ3v) is 14.3. The molecule has 11 rings (SSSR count). The molecule has 7 aliphatic carbocycles. The lowest BCUT2D eigenvalue weighted by molar-refractivity contribution is 0.340. The molecule has 4 aromatic carbocycles. The molecule has 0 bridgehead atoms. The molecular weight excluding hydrogens is 699 g/mol. The van der Waals surface area contributed by atoms with Gasteiger partial charge in [0.05, 0.1) is 5.41 Å². The number of hydrogen-bond acceptors (Lipinski definition) is 1. The Bertz CT molecular complexity index is 2560. The Kier molecular flexibility index (Phi) is 8.80. The first-order chi connectivity index (χ1) is 28.7. The Labute approximate surface area is 344 Å². The van der Waals surface area contributed by atoms with Crippen LogP contribution in [0.15, 0.2) is 221 Å². The summed E-state index contributed by atoms with van der Waals surface area (Å²) in [5.74, 6) is 0.477. The van der Waals surface area contributed by atoms with Crippen LogP contribution in [-0.4, -0.2) is 4.90 Å². The van der Waals surface area contributed by atoms with E-state index in [1.54, 1.807) is 16.7 Å². The van der Waals surface area contributed by atoms with Crippen LogP contribution in [0, 0.1) is 0 Å². The van der Waals surface area contributed by atoms with Gasteiger partial charge in [-0.2, -0.15) is 0 Å². The smallest absolute Gasteiger partial charge is 0.0710 e. The summed E-state index contributed by atoms with van der Waals surface area (Å²) < 4.78 is 0. The zero-order valence-corrected chi connectivity index (χ0v) is 33.4. The molecule has 284 valence electrons. The van der Waals surface area contributed by atoms with E-state index in [0.29, 0.717) is 5.92 Å². The molecular formula is C57H51N. The number of fused-ring (bicyclic) bond motifs is 7. The topological polar surface area (TPSA) is 3.24 Å². The molecule has 58 heavy (non-hydrogen) atoms. The van der Waals surface area contributed by atoms with Crippen LogP contribution in [0.5, 0.6) is 0 Å². The molecule has 0 N–H and O–H groups in total.